The molecule has 0 unspecified atom stereocenters. The molecule has 4 bridgehead atoms. The van der Waals surface area contributed by atoms with Gasteiger partial charge in [-0.15, -0.1) is 0 Å². The molecule has 0 saturated heterocycles. The minimum absolute atomic E-state index is 0.350. The zero-order valence-corrected chi connectivity index (χ0v) is 13.4. The zero-order chi connectivity index (χ0) is 15.3. The number of amides is 1. The van der Waals surface area contributed by atoms with Gasteiger partial charge in [0.15, 0.2) is 0 Å². The molecule has 1 amide bonds. The molecule has 0 heterocycles. The third-order valence-corrected chi connectivity index (χ3v) is 5.75. The van der Waals surface area contributed by atoms with Gasteiger partial charge >= 0.3 is 6.09 Å². The van der Waals surface area contributed by atoms with E-state index in [0.29, 0.717) is 18.3 Å². The van der Waals surface area contributed by atoms with Crippen molar-refractivity contribution in [2.24, 2.45) is 23.7 Å². The fourth-order valence-corrected chi connectivity index (χ4v) is 5.25. The first-order valence-electron chi connectivity index (χ1n) is 8.27. The van der Waals surface area contributed by atoms with Crippen molar-refractivity contribution in [1.29, 1.82) is 0 Å². The molecular formula is C17H27NO3. The number of rotatable bonds is 3. The first kappa shape index (κ1) is 14.9. The van der Waals surface area contributed by atoms with Crippen LogP contribution in [0, 0.1) is 23.7 Å². The summed E-state index contributed by atoms with van der Waals surface area (Å²) in [7, 11) is 0. The summed E-state index contributed by atoms with van der Waals surface area (Å²) in [5.41, 5.74) is -0.851. The van der Waals surface area contributed by atoms with Crippen LogP contribution in [0.15, 0.2) is 0 Å². The minimum atomic E-state index is -0.502. The van der Waals surface area contributed by atoms with E-state index in [1.54, 1.807) is 0 Å². The van der Waals surface area contributed by atoms with Crippen molar-refractivity contribution in [2.45, 2.75) is 70.4 Å². The average Bonchev–Trinajstić information content (AvgIpc) is 2.32. The highest BCUT2D eigenvalue weighted by Gasteiger charge is 2.57. The molecular weight excluding hydrogens is 266 g/mol. The second kappa shape index (κ2) is 4.99. The second-order valence-electron chi connectivity index (χ2n) is 8.34. The molecule has 4 aliphatic carbocycles. The van der Waals surface area contributed by atoms with Crippen LogP contribution in [0.3, 0.4) is 0 Å². The van der Waals surface area contributed by atoms with Crippen LogP contribution in [0.5, 0.6) is 0 Å². The molecule has 4 saturated carbocycles. The van der Waals surface area contributed by atoms with Crippen LogP contribution in [0.1, 0.15) is 59.3 Å². The Hall–Kier alpha value is -1.06. The molecule has 4 aliphatic rings. The number of carbonyl (C=O) groups is 2. The van der Waals surface area contributed by atoms with Crippen molar-refractivity contribution in [3.63, 3.8) is 0 Å². The Morgan fingerprint density at radius 1 is 1.14 bits per heavy atom. The summed E-state index contributed by atoms with van der Waals surface area (Å²) in [4.78, 5) is 23.6. The molecule has 0 aromatic rings. The predicted molar refractivity (Wildman–Crippen MR) is 79.8 cm³/mol. The van der Waals surface area contributed by atoms with E-state index in [1.807, 2.05) is 20.8 Å². The van der Waals surface area contributed by atoms with Crippen LogP contribution >= 0.6 is 0 Å². The molecule has 4 heteroatoms. The lowest BCUT2D eigenvalue weighted by Gasteiger charge is -2.60. The number of hydrogen-bond acceptors (Lipinski definition) is 3. The van der Waals surface area contributed by atoms with Crippen molar-refractivity contribution in [3.8, 4) is 0 Å². The molecule has 0 aliphatic heterocycles. The van der Waals surface area contributed by atoms with Gasteiger partial charge in [-0.25, -0.2) is 4.79 Å². The summed E-state index contributed by atoms with van der Waals surface area (Å²) in [6.45, 7) is 5.61. The Balaban J connectivity index is 1.80. The van der Waals surface area contributed by atoms with Crippen molar-refractivity contribution in [1.82, 2.24) is 5.32 Å². The summed E-state index contributed by atoms with van der Waals surface area (Å²) >= 11 is 0. The lowest BCUT2D eigenvalue weighted by Crippen LogP contribution is -2.66. The Bertz CT molecular complexity index is 410. The number of hydrogen-bond donors (Lipinski definition) is 1. The number of alkyl carbamates (subject to hydrolysis) is 1. The summed E-state index contributed by atoms with van der Waals surface area (Å²) in [5.74, 6) is 2.53. The normalized spacial score (nSPS) is 40.9. The zero-order valence-electron chi connectivity index (χ0n) is 13.4. The minimum Gasteiger partial charge on any atom is -0.444 e. The van der Waals surface area contributed by atoms with E-state index in [-0.39, 0.29) is 11.6 Å². The molecule has 21 heavy (non-hydrogen) atoms. The van der Waals surface area contributed by atoms with E-state index in [2.05, 4.69) is 5.32 Å². The molecule has 0 atom stereocenters. The van der Waals surface area contributed by atoms with Crippen LogP contribution in [-0.4, -0.2) is 23.5 Å². The summed E-state index contributed by atoms with van der Waals surface area (Å²) in [5, 5.41) is 3.14. The average molecular weight is 293 g/mol. The molecule has 118 valence electrons. The Labute approximate surface area is 127 Å². The van der Waals surface area contributed by atoms with Gasteiger partial charge in [0, 0.05) is 6.42 Å². The third kappa shape index (κ3) is 2.69. The highest BCUT2D eigenvalue weighted by molar-refractivity contribution is 5.70. The topological polar surface area (TPSA) is 55.4 Å². The van der Waals surface area contributed by atoms with E-state index in [9.17, 15) is 9.59 Å². The molecule has 4 fully saturated rings. The maximum atomic E-state index is 12.3. The lowest BCUT2D eigenvalue weighted by molar-refractivity contribution is -0.117. The highest BCUT2D eigenvalue weighted by Crippen LogP contribution is 2.59. The maximum absolute atomic E-state index is 12.3. The lowest BCUT2D eigenvalue weighted by atomic mass is 9.48. The Morgan fingerprint density at radius 3 is 2.10 bits per heavy atom. The van der Waals surface area contributed by atoms with Crippen LogP contribution < -0.4 is 5.32 Å². The van der Waals surface area contributed by atoms with Gasteiger partial charge in [-0.1, -0.05) is 0 Å². The summed E-state index contributed by atoms with van der Waals surface area (Å²) in [6, 6.07) is 0. The van der Waals surface area contributed by atoms with E-state index in [1.165, 1.54) is 6.42 Å². The van der Waals surface area contributed by atoms with Gasteiger partial charge < -0.3 is 14.8 Å². The number of carbonyl (C=O) groups excluding carboxylic acids is 2. The molecule has 0 radical (unpaired) electrons. The largest absolute Gasteiger partial charge is 0.444 e. The predicted octanol–water partition coefficient (Wildman–Crippen LogP) is 3.30. The molecule has 0 aromatic heterocycles. The molecule has 0 spiro atoms. The van der Waals surface area contributed by atoms with Crippen molar-refractivity contribution in [3.05, 3.63) is 0 Å². The molecule has 1 N–H and O–H groups in total. The molecule has 4 nitrogen and oxygen atoms in total. The molecule has 4 rings (SSSR count). The maximum Gasteiger partial charge on any atom is 0.408 e. The van der Waals surface area contributed by atoms with Gasteiger partial charge in [-0.2, -0.15) is 0 Å². The quantitative estimate of drug-likeness (QED) is 0.812. The fraction of sp³-hybridized carbons (Fsp3) is 0.882. The van der Waals surface area contributed by atoms with Crippen LogP contribution in [-0.2, 0) is 9.53 Å². The fourth-order valence-electron chi connectivity index (χ4n) is 5.25. The summed E-state index contributed by atoms with van der Waals surface area (Å²) < 4.78 is 5.45. The first-order chi connectivity index (χ1) is 9.82. The number of nitrogens with one attached hydrogen (secondary N) is 1. The Morgan fingerprint density at radius 2 is 1.67 bits per heavy atom. The Kier molecular flexibility index (Phi) is 3.53. The van der Waals surface area contributed by atoms with Gasteiger partial charge in [-0.05, 0) is 76.5 Å². The van der Waals surface area contributed by atoms with Crippen molar-refractivity contribution in [2.75, 3.05) is 0 Å². The van der Waals surface area contributed by atoms with E-state index in [4.69, 9.17) is 4.74 Å². The van der Waals surface area contributed by atoms with E-state index < -0.39 is 5.60 Å². The standard InChI is InChI=1S/C17H27NO3/c1-16(2,3)21-15(20)18-17(4-5-19)13-7-11-6-12(9-13)10-14(17)8-11/h5,11-14H,4,6-10H2,1-3H3,(H,18,20). The van der Waals surface area contributed by atoms with Crippen LogP contribution in [0.2, 0.25) is 0 Å². The highest BCUT2D eigenvalue weighted by atomic mass is 16.6. The second-order valence-corrected chi connectivity index (χ2v) is 8.34. The van der Waals surface area contributed by atoms with Crippen molar-refractivity contribution >= 4 is 12.4 Å². The van der Waals surface area contributed by atoms with E-state index >= 15 is 0 Å². The monoisotopic (exact) mass is 293 g/mol. The van der Waals surface area contributed by atoms with Gasteiger partial charge in [-0.3, -0.25) is 0 Å². The van der Waals surface area contributed by atoms with Gasteiger partial charge in [0.05, 0.1) is 5.54 Å². The van der Waals surface area contributed by atoms with Gasteiger partial charge in [0.25, 0.3) is 0 Å². The number of aldehydes is 1. The number of ether oxygens (including phenoxy) is 1. The first-order valence-corrected chi connectivity index (χ1v) is 8.27. The third-order valence-electron chi connectivity index (χ3n) is 5.75. The smallest absolute Gasteiger partial charge is 0.408 e. The van der Waals surface area contributed by atoms with Crippen LogP contribution in [0.4, 0.5) is 4.79 Å². The summed E-state index contributed by atoms with van der Waals surface area (Å²) in [6.07, 6.45) is 7.06. The van der Waals surface area contributed by atoms with Crippen LogP contribution in [0.25, 0.3) is 0 Å². The SMILES string of the molecule is CC(C)(C)OC(=O)NC1(CC=O)C2CC3CC(C2)CC1C3. The van der Waals surface area contributed by atoms with Gasteiger partial charge in [0.2, 0.25) is 0 Å². The van der Waals surface area contributed by atoms with E-state index in [0.717, 1.165) is 43.8 Å². The van der Waals surface area contributed by atoms with Crippen molar-refractivity contribution < 1.29 is 14.3 Å². The van der Waals surface area contributed by atoms with Gasteiger partial charge in [0.1, 0.15) is 11.9 Å². The molecule has 0 aromatic carbocycles.